The summed E-state index contributed by atoms with van der Waals surface area (Å²) in [5.41, 5.74) is 2.52. The predicted octanol–water partition coefficient (Wildman–Crippen LogP) is 2.89. The van der Waals surface area contributed by atoms with Gasteiger partial charge in [0.05, 0.1) is 13.1 Å². The van der Waals surface area contributed by atoms with E-state index in [0.29, 0.717) is 6.00 Å². The van der Waals surface area contributed by atoms with E-state index in [-0.39, 0.29) is 0 Å². The van der Waals surface area contributed by atoms with E-state index in [1.54, 1.807) is 7.11 Å². The summed E-state index contributed by atoms with van der Waals surface area (Å²) in [6.45, 7) is 2.97. The van der Waals surface area contributed by atoms with Crippen LogP contribution in [0.2, 0.25) is 0 Å². The first kappa shape index (κ1) is 12.3. The molecule has 15 heavy (non-hydrogen) atoms. The molecule has 1 aromatic rings. The first-order valence-corrected chi connectivity index (χ1v) is 5.65. The topological polar surface area (TPSA) is 12.5 Å². The maximum atomic E-state index is 5.76. The van der Waals surface area contributed by atoms with Crippen molar-refractivity contribution in [1.29, 1.82) is 0 Å². The predicted molar refractivity (Wildman–Crippen MR) is 64.6 cm³/mol. The van der Waals surface area contributed by atoms with E-state index in [9.17, 15) is 0 Å². The minimum absolute atomic E-state index is 0.527. The van der Waals surface area contributed by atoms with Crippen LogP contribution in [0, 0.1) is 0 Å². The number of ether oxygens (including phenoxy) is 1. The summed E-state index contributed by atoms with van der Waals surface area (Å²) in [4.78, 5) is 2.04. The molecule has 0 heterocycles. The summed E-state index contributed by atoms with van der Waals surface area (Å²) in [5.74, 6) is 0.934. The molecule has 0 aliphatic rings. The second-order valence-corrected chi connectivity index (χ2v) is 3.87. The molecule has 0 atom stereocenters. The first-order valence-electron chi connectivity index (χ1n) is 5.11. The molecule has 84 valence electrons. The van der Waals surface area contributed by atoms with Gasteiger partial charge in [-0.2, -0.15) is 0 Å². The maximum Gasteiger partial charge on any atom is 0.123 e. The molecule has 2 nitrogen and oxygen atoms in total. The lowest BCUT2D eigenvalue weighted by Crippen LogP contribution is -2.16. The van der Waals surface area contributed by atoms with E-state index >= 15 is 0 Å². The van der Waals surface area contributed by atoms with Gasteiger partial charge in [-0.25, -0.2) is 0 Å². The SMILES string of the molecule is CCc1ccc(OC)c(CN(C)CCl)c1. The van der Waals surface area contributed by atoms with Crippen molar-refractivity contribution >= 4 is 11.6 Å². The van der Waals surface area contributed by atoms with Gasteiger partial charge in [-0.1, -0.05) is 19.1 Å². The van der Waals surface area contributed by atoms with Crippen LogP contribution in [-0.2, 0) is 13.0 Å². The van der Waals surface area contributed by atoms with Crippen molar-refractivity contribution in [3.8, 4) is 5.75 Å². The minimum Gasteiger partial charge on any atom is -0.496 e. The molecule has 0 spiro atoms. The molecule has 1 aromatic carbocycles. The van der Waals surface area contributed by atoms with Crippen molar-refractivity contribution in [1.82, 2.24) is 4.90 Å². The van der Waals surface area contributed by atoms with Gasteiger partial charge in [-0.3, -0.25) is 4.90 Å². The van der Waals surface area contributed by atoms with Crippen LogP contribution in [0.1, 0.15) is 18.1 Å². The zero-order chi connectivity index (χ0) is 11.3. The van der Waals surface area contributed by atoms with E-state index in [1.807, 2.05) is 18.0 Å². The maximum absolute atomic E-state index is 5.76. The van der Waals surface area contributed by atoms with E-state index in [0.717, 1.165) is 18.7 Å². The lowest BCUT2D eigenvalue weighted by molar-refractivity contribution is 0.360. The van der Waals surface area contributed by atoms with Gasteiger partial charge in [0, 0.05) is 12.1 Å². The fourth-order valence-corrected chi connectivity index (χ4v) is 1.59. The average Bonchev–Trinajstić information content (AvgIpc) is 2.28. The van der Waals surface area contributed by atoms with Crippen LogP contribution in [0.15, 0.2) is 18.2 Å². The lowest BCUT2D eigenvalue weighted by Gasteiger charge is -2.16. The van der Waals surface area contributed by atoms with Crippen molar-refractivity contribution in [2.75, 3.05) is 20.2 Å². The largest absolute Gasteiger partial charge is 0.496 e. The average molecular weight is 228 g/mol. The highest BCUT2D eigenvalue weighted by Crippen LogP contribution is 2.21. The Balaban J connectivity index is 2.90. The van der Waals surface area contributed by atoms with Crippen molar-refractivity contribution in [3.05, 3.63) is 29.3 Å². The normalized spacial score (nSPS) is 10.7. The molecule has 0 saturated carbocycles. The number of nitrogens with zero attached hydrogens (tertiary/aromatic N) is 1. The highest BCUT2D eigenvalue weighted by molar-refractivity contribution is 6.17. The standard InChI is InChI=1S/C12H18ClNO/c1-4-10-5-6-12(15-3)11(7-10)8-14(2)9-13/h5-7H,4,8-9H2,1-3H3. The third kappa shape index (κ3) is 3.40. The molecule has 0 saturated heterocycles. The lowest BCUT2D eigenvalue weighted by atomic mass is 10.1. The number of benzene rings is 1. The monoisotopic (exact) mass is 227 g/mol. The van der Waals surface area contributed by atoms with Crippen molar-refractivity contribution in [3.63, 3.8) is 0 Å². The van der Waals surface area contributed by atoms with E-state index < -0.39 is 0 Å². The third-order valence-corrected chi connectivity index (χ3v) is 2.81. The fraction of sp³-hybridized carbons (Fsp3) is 0.500. The van der Waals surface area contributed by atoms with Gasteiger partial charge in [-0.15, -0.1) is 11.6 Å². The van der Waals surface area contributed by atoms with Gasteiger partial charge in [-0.05, 0) is 25.1 Å². The Morgan fingerprint density at radius 1 is 1.40 bits per heavy atom. The molecular weight excluding hydrogens is 210 g/mol. The summed E-state index contributed by atoms with van der Waals surface area (Å²) < 4.78 is 5.32. The molecule has 0 amide bonds. The van der Waals surface area contributed by atoms with Crippen LogP contribution in [0.4, 0.5) is 0 Å². The second kappa shape index (κ2) is 5.99. The molecule has 0 aliphatic heterocycles. The number of rotatable bonds is 5. The highest BCUT2D eigenvalue weighted by atomic mass is 35.5. The zero-order valence-corrected chi connectivity index (χ0v) is 10.3. The highest BCUT2D eigenvalue weighted by Gasteiger charge is 2.06. The number of halogens is 1. The van der Waals surface area contributed by atoms with Crippen LogP contribution in [-0.4, -0.2) is 25.1 Å². The molecule has 3 heteroatoms. The van der Waals surface area contributed by atoms with Gasteiger partial charge in [0.1, 0.15) is 5.75 Å². The number of methoxy groups -OCH3 is 1. The van der Waals surface area contributed by atoms with Crippen LogP contribution in [0.3, 0.4) is 0 Å². The Kier molecular flexibility index (Phi) is 4.92. The van der Waals surface area contributed by atoms with E-state index in [4.69, 9.17) is 16.3 Å². The molecule has 0 aliphatic carbocycles. The van der Waals surface area contributed by atoms with E-state index in [2.05, 4.69) is 19.1 Å². The van der Waals surface area contributed by atoms with Gasteiger partial charge < -0.3 is 4.74 Å². The quantitative estimate of drug-likeness (QED) is 0.567. The van der Waals surface area contributed by atoms with Gasteiger partial charge in [0.2, 0.25) is 0 Å². The molecule has 0 bridgehead atoms. The zero-order valence-electron chi connectivity index (χ0n) is 9.59. The Morgan fingerprint density at radius 2 is 2.13 bits per heavy atom. The second-order valence-electron chi connectivity index (χ2n) is 3.63. The summed E-state index contributed by atoms with van der Waals surface area (Å²) in [6.07, 6.45) is 1.04. The summed E-state index contributed by atoms with van der Waals surface area (Å²) in [5, 5.41) is 0. The van der Waals surface area contributed by atoms with Crippen molar-refractivity contribution < 1.29 is 4.74 Å². The Bertz CT molecular complexity index is 314. The van der Waals surface area contributed by atoms with Crippen molar-refractivity contribution in [2.24, 2.45) is 0 Å². The molecule has 0 fully saturated rings. The molecule has 0 aromatic heterocycles. The number of hydrogen-bond donors (Lipinski definition) is 0. The molecule has 0 N–H and O–H groups in total. The molecule has 1 rings (SSSR count). The Hall–Kier alpha value is -0.730. The minimum atomic E-state index is 0.527. The third-order valence-electron chi connectivity index (χ3n) is 2.40. The van der Waals surface area contributed by atoms with Gasteiger partial charge in [0.15, 0.2) is 0 Å². The van der Waals surface area contributed by atoms with Crippen LogP contribution >= 0.6 is 11.6 Å². The molecule has 0 radical (unpaired) electrons. The summed E-state index contributed by atoms with van der Waals surface area (Å²) in [7, 11) is 3.69. The van der Waals surface area contributed by atoms with Gasteiger partial charge in [0.25, 0.3) is 0 Å². The number of aryl methyl sites for hydroxylation is 1. The smallest absolute Gasteiger partial charge is 0.123 e. The first-order chi connectivity index (χ1) is 7.21. The van der Waals surface area contributed by atoms with E-state index in [1.165, 1.54) is 11.1 Å². The van der Waals surface area contributed by atoms with Crippen molar-refractivity contribution in [2.45, 2.75) is 19.9 Å². The van der Waals surface area contributed by atoms with Crippen LogP contribution < -0.4 is 4.74 Å². The fourth-order valence-electron chi connectivity index (χ4n) is 1.51. The summed E-state index contributed by atoms with van der Waals surface area (Å²) in [6, 6.07) is 6.83. The molecule has 0 unspecified atom stereocenters. The van der Waals surface area contributed by atoms with Crippen LogP contribution in [0.25, 0.3) is 0 Å². The number of alkyl halides is 1. The molecular formula is C12H18ClNO. The number of hydrogen-bond acceptors (Lipinski definition) is 2. The Morgan fingerprint density at radius 3 is 2.67 bits per heavy atom. The van der Waals surface area contributed by atoms with Gasteiger partial charge >= 0.3 is 0 Å². The Labute approximate surface area is 96.8 Å². The summed E-state index contributed by atoms with van der Waals surface area (Å²) >= 11 is 5.76. The van der Waals surface area contributed by atoms with Crippen LogP contribution in [0.5, 0.6) is 5.75 Å².